The molecule has 10 heteroatoms. The van der Waals surface area contributed by atoms with Crippen LogP contribution < -0.4 is 5.56 Å². The lowest BCUT2D eigenvalue weighted by Crippen LogP contribution is -2.49. The van der Waals surface area contributed by atoms with Gasteiger partial charge in [0.1, 0.15) is 5.82 Å². The molecule has 3 aromatic rings. The molecule has 170 valence electrons. The predicted octanol–water partition coefficient (Wildman–Crippen LogP) is 2.22. The number of hydrogen-bond donors (Lipinski definition) is 1. The highest BCUT2D eigenvalue weighted by Crippen LogP contribution is 2.24. The molecular weight excluding hydrogens is 496 g/mol. The maximum atomic E-state index is 13.0. The lowest BCUT2D eigenvalue weighted by molar-refractivity contribution is 0.136. The van der Waals surface area contributed by atoms with Crippen LogP contribution in [0.4, 0.5) is 0 Å². The number of aliphatic hydroxyl groups is 1. The molecule has 0 bridgehead atoms. The van der Waals surface area contributed by atoms with Crippen molar-refractivity contribution in [1.29, 1.82) is 0 Å². The second kappa shape index (κ2) is 9.40. The van der Waals surface area contributed by atoms with Gasteiger partial charge in [-0.1, -0.05) is 28.1 Å². The molecule has 2 heterocycles. The third-order valence-electron chi connectivity index (χ3n) is 5.86. The highest BCUT2D eigenvalue weighted by Gasteiger charge is 2.31. The monoisotopic (exact) mass is 520 g/mol. The first-order valence-electron chi connectivity index (χ1n) is 10.4. The fourth-order valence-electron chi connectivity index (χ4n) is 4.07. The molecule has 1 unspecified atom stereocenters. The number of rotatable bonds is 6. The van der Waals surface area contributed by atoms with Gasteiger partial charge in [-0.2, -0.15) is 4.31 Å². The maximum Gasteiger partial charge on any atom is 0.261 e. The van der Waals surface area contributed by atoms with Crippen molar-refractivity contribution >= 4 is 36.9 Å². The highest BCUT2D eigenvalue weighted by atomic mass is 79.9. The van der Waals surface area contributed by atoms with Crippen LogP contribution in [0.1, 0.15) is 18.8 Å². The van der Waals surface area contributed by atoms with Crippen LogP contribution in [0.25, 0.3) is 10.9 Å². The molecule has 1 fully saturated rings. The zero-order valence-corrected chi connectivity index (χ0v) is 20.1. The Morgan fingerprint density at radius 3 is 2.38 bits per heavy atom. The van der Waals surface area contributed by atoms with E-state index in [1.807, 2.05) is 13.0 Å². The Hall–Kier alpha value is -2.11. The molecule has 1 saturated heterocycles. The van der Waals surface area contributed by atoms with Gasteiger partial charge < -0.3 is 5.11 Å². The van der Waals surface area contributed by atoms with Crippen molar-refractivity contribution in [2.45, 2.75) is 24.4 Å². The Kier molecular flexibility index (Phi) is 6.78. The van der Waals surface area contributed by atoms with Crippen molar-refractivity contribution < 1.29 is 13.5 Å². The number of fused-ring (bicyclic) bond motifs is 1. The Morgan fingerprint density at radius 1 is 1.06 bits per heavy atom. The Labute approximate surface area is 195 Å². The van der Waals surface area contributed by atoms with Crippen LogP contribution in [0, 0.1) is 0 Å². The van der Waals surface area contributed by atoms with Gasteiger partial charge in [0.15, 0.2) is 0 Å². The van der Waals surface area contributed by atoms with Crippen molar-refractivity contribution in [2.24, 2.45) is 0 Å². The largest absolute Gasteiger partial charge is 0.395 e. The zero-order chi connectivity index (χ0) is 22.9. The van der Waals surface area contributed by atoms with Crippen LogP contribution in [0.5, 0.6) is 0 Å². The molecule has 1 atom stereocenters. The summed E-state index contributed by atoms with van der Waals surface area (Å²) in [6, 6.07) is 13.6. The minimum atomic E-state index is -3.56. The van der Waals surface area contributed by atoms with E-state index in [2.05, 4.69) is 20.8 Å². The number of aliphatic hydroxyl groups excluding tert-OH is 1. The second-order valence-electron chi connectivity index (χ2n) is 7.74. The molecular formula is C22H25BrN4O4S. The van der Waals surface area contributed by atoms with E-state index in [0.29, 0.717) is 42.9 Å². The van der Waals surface area contributed by atoms with Crippen molar-refractivity contribution in [3.05, 3.63) is 69.2 Å². The number of benzene rings is 2. The standard InChI is InChI=1S/C22H25BrN4O4S/c1-16(21-24-20-5-3-2-4-19(20)22(29)27(21)14-15-28)25-10-12-26(13-11-25)32(30,31)18-8-6-17(23)7-9-18/h2-9,16,28H,10-15H2,1H3. The number of sulfonamides is 1. The van der Waals surface area contributed by atoms with E-state index in [1.165, 1.54) is 8.87 Å². The first-order valence-corrected chi connectivity index (χ1v) is 12.7. The summed E-state index contributed by atoms with van der Waals surface area (Å²) in [5.41, 5.74) is 0.438. The smallest absolute Gasteiger partial charge is 0.261 e. The van der Waals surface area contributed by atoms with Gasteiger partial charge in [0.25, 0.3) is 5.56 Å². The quantitative estimate of drug-likeness (QED) is 0.535. The van der Waals surface area contributed by atoms with Crippen LogP contribution in [-0.2, 0) is 16.6 Å². The summed E-state index contributed by atoms with van der Waals surface area (Å²) < 4.78 is 29.8. The molecule has 1 aliphatic rings. The normalized spacial score (nSPS) is 17.0. The van der Waals surface area contributed by atoms with E-state index in [1.54, 1.807) is 42.5 Å². The number of hydrogen-bond acceptors (Lipinski definition) is 6. The summed E-state index contributed by atoms with van der Waals surface area (Å²) >= 11 is 3.33. The average Bonchev–Trinajstić information content (AvgIpc) is 2.81. The van der Waals surface area contributed by atoms with Crippen molar-refractivity contribution in [3.8, 4) is 0 Å². The van der Waals surface area contributed by atoms with E-state index < -0.39 is 10.0 Å². The van der Waals surface area contributed by atoms with Gasteiger partial charge in [-0.25, -0.2) is 13.4 Å². The van der Waals surface area contributed by atoms with Gasteiger partial charge in [-0.05, 0) is 43.3 Å². The third kappa shape index (κ3) is 4.38. The predicted molar refractivity (Wildman–Crippen MR) is 126 cm³/mol. The third-order valence-corrected chi connectivity index (χ3v) is 8.30. The molecule has 1 aliphatic heterocycles. The number of piperazine rings is 1. The van der Waals surface area contributed by atoms with E-state index in [0.717, 1.165) is 4.47 Å². The zero-order valence-electron chi connectivity index (χ0n) is 17.7. The first-order chi connectivity index (χ1) is 15.3. The van der Waals surface area contributed by atoms with Gasteiger partial charge in [-0.3, -0.25) is 14.3 Å². The second-order valence-corrected chi connectivity index (χ2v) is 10.6. The van der Waals surface area contributed by atoms with Crippen molar-refractivity contribution in [3.63, 3.8) is 0 Å². The summed E-state index contributed by atoms with van der Waals surface area (Å²) in [6.45, 7) is 3.68. The minimum absolute atomic E-state index is 0.161. The lowest BCUT2D eigenvalue weighted by Gasteiger charge is -2.37. The fourth-order valence-corrected chi connectivity index (χ4v) is 5.76. The minimum Gasteiger partial charge on any atom is -0.395 e. The first kappa shape index (κ1) is 23.1. The number of nitrogens with zero attached hydrogens (tertiary/aromatic N) is 4. The molecule has 0 saturated carbocycles. The van der Waals surface area contributed by atoms with Gasteiger partial charge >= 0.3 is 0 Å². The van der Waals surface area contributed by atoms with Crippen LogP contribution in [0.2, 0.25) is 0 Å². The summed E-state index contributed by atoms with van der Waals surface area (Å²) in [5.74, 6) is 0.576. The van der Waals surface area contributed by atoms with Gasteiger partial charge in [0.05, 0.1) is 35.0 Å². The average molecular weight is 521 g/mol. The van der Waals surface area contributed by atoms with Crippen molar-refractivity contribution in [2.75, 3.05) is 32.8 Å². The van der Waals surface area contributed by atoms with Gasteiger partial charge in [0.2, 0.25) is 10.0 Å². The SMILES string of the molecule is CC(c1nc2ccccc2c(=O)n1CCO)N1CCN(S(=O)(=O)c2ccc(Br)cc2)CC1. The van der Waals surface area contributed by atoms with Crippen LogP contribution in [0.15, 0.2) is 62.7 Å². The van der Waals surface area contributed by atoms with Crippen LogP contribution in [0.3, 0.4) is 0 Å². The molecule has 0 amide bonds. The Balaban J connectivity index is 1.56. The van der Waals surface area contributed by atoms with Crippen molar-refractivity contribution in [1.82, 2.24) is 18.8 Å². The molecule has 0 aliphatic carbocycles. The topological polar surface area (TPSA) is 95.7 Å². The van der Waals surface area contributed by atoms with E-state index in [9.17, 15) is 18.3 Å². The van der Waals surface area contributed by atoms with Gasteiger partial charge in [-0.15, -0.1) is 0 Å². The van der Waals surface area contributed by atoms with Gasteiger partial charge in [0, 0.05) is 30.7 Å². The number of halogens is 1. The summed E-state index contributed by atoms with van der Waals surface area (Å²) in [5, 5.41) is 10.0. The molecule has 0 spiro atoms. The molecule has 0 radical (unpaired) electrons. The van der Waals surface area contributed by atoms with Crippen LogP contribution >= 0.6 is 15.9 Å². The lowest BCUT2D eigenvalue weighted by atomic mass is 10.2. The summed E-state index contributed by atoms with van der Waals surface area (Å²) in [6.07, 6.45) is 0. The molecule has 1 aromatic heterocycles. The molecule has 2 aromatic carbocycles. The van der Waals surface area contributed by atoms with E-state index >= 15 is 0 Å². The Bertz CT molecular complexity index is 1270. The molecule has 32 heavy (non-hydrogen) atoms. The Morgan fingerprint density at radius 2 is 1.72 bits per heavy atom. The summed E-state index contributed by atoms with van der Waals surface area (Å²) in [4.78, 5) is 20.1. The summed E-state index contributed by atoms with van der Waals surface area (Å²) in [7, 11) is -3.56. The van der Waals surface area contributed by atoms with E-state index in [-0.39, 0.29) is 29.6 Å². The molecule has 1 N–H and O–H groups in total. The molecule has 4 rings (SSSR count). The maximum absolute atomic E-state index is 13.0. The van der Waals surface area contributed by atoms with E-state index in [4.69, 9.17) is 4.98 Å². The highest BCUT2D eigenvalue weighted by molar-refractivity contribution is 9.10. The number of para-hydroxylation sites is 1. The van der Waals surface area contributed by atoms with Crippen LogP contribution in [-0.4, -0.2) is 65.1 Å². The fraction of sp³-hybridized carbons (Fsp3) is 0.364. The molecule has 8 nitrogen and oxygen atoms in total. The number of aromatic nitrogens is 2.